The third-order valence-electron chi connectivity index (χ3n) is 10.3. The first kappa shape index (κ1) is 36.4. The lowest BCUT2D eigenvalue weighted by Gasteiger charge is -2.35. The number of unbranched alkanes of at least 4 members (excludes halogenated alkanes) is 1. The van der Waals surface area contributed by atoms with Crippen molar-refractivity contribution < 1.29 is 29.3 Å². The van der Waals surface area contributed by atoms with Crippen LogP contribution in [-0.2, 0) is 19.1 Å². The van der Waals surface area contributed by atoms with Gasteiger partial charge in [0.1, 0.15) is 12.1 Å². The van der Waals surface area contributed by atoms with Crippen molar-refractivity contribution in [3.8, 4) is 10.4 Å². The summed E-state index contributed by atoms with van der Waals surface area (Å²) in [5, 5.41) is 26.5. The van der Waals surface area contributed by atoms with Crippen LogP contribution < -0.4 is 10.6 Å². The second-order valence-corrected chi connectivity index (χ2v) is 15.8. The molecular weight excluding hydrogens is 630 g/mol. The largest absolute Gasteiger partial charge is 0.394 e. The van der Waals surface area contributed by atoms with Crippen molar-refractivity contribution in [2.75, 3.05) is 32.8 Å². The number of hydrogen-bond acceptors (Lipinski definition) is 9. The number of aryl methyl sites for hydroxylation is 1. The van der Waals surface area contributed by atoms with Gasteiger partial charge in [-0.2, -0.15) is 0 Å². The number of amides is 3. The van der Waals surface area contributed by atoms with Crippen molar-refractivity contribution in [3.63, 3.8) is 0 Å². The first-order chi connectivity index (χ1) is 22.8. The standard InChI is InChI=1S/C36H53N5O6S/c1-23(25-10-12-26(13-11-25)31-24(2)37-22-48-31)38-33(45)29-17-27(43)19-41(29)34(46)32(35(3,4)5)39-30(44)9-6-7-16-47-28-18-36(21-42)14-8-15-40(36)20-28/h10-13,22-23,27-29,32,42-43H,6-9,14-21H2,1-5H3,(H,38,45)(H,39,44)/t23-,27+,28-,29-,32+,36?/m0/s1. The highest BCUT2D eigenvalue weighted by Crippen LogP contribution is 2.39. The molecule has 11 nitrogen and oxygen atoms in total. The molecule has 5 rings (SSSR count). The Labute approximate surface area is 288 Å². The summed E-state index contributed by atoms with van der Waals surface area (Å²) in [7, 11) is 0. The predicted octanol–water partition coefficient (Wildman–Crippen LogP) is 3.57. The zero-order valence-corrected chi connectivity index (χ0v) is 29.9. The summed E-state index contributed by atoms with van der Waals surface area (Å²) in [5.41, 5.74) is 4.06. The molecule has 3 amide bonds. The number of rotatable bonds is 13. The van der Waals surface area contributed by atoms with Gasteiger partial charge in [-0.05, 0) is 69.0 Å². The average molecular weight is 684 g/mol. The summed E-state index contributed by atoms with van der Waals surface area (Å²) in [5.74, 6) is -0.927. The monoisotopic (exact) mass is 683 g/mol. The minimum atomic E-state index is -0.858. The number of likely N-dealkylation sites (tertiary alicyclic amines) is 1. The van der Waals surface area contributed by atoms with E-state index < -0.39 is 23.6 Å². The number of carbonyl (C=O) groups excluding carboxylic acids is 3. The Balaban J connectivity index is 1.11. The minimum Gasteiger partial charge on any atom is -0.394 e. The SMILES string of the molecule is Cc1ncsc1-c1ccc([C@H](C)NC(=O)[C@@H]2C[C@@H](O)CN2C(=O)[C@@H](NC(=O)CCCCO[C@@H]2CN3CCCC3(CO)C2)C(C)(C)C)cc1. The fourth-order valence-electron chi connectivity index (χ4n) is 7.49. The van der Waals surface area contributed by atoms with Gasteiger partial charge in [0, 0.05) is 38.1 Å². The maximum absolute atomic E-state index is 14.0. The Morgan fingerprint density at radius 1 is 1.15 bits per heavy atom. The second-order valence-electron chi connectivity index (χ2n) is 15.0. The number of hydrogen-bond donors (Lipinski definition) is 4. The average Bonchev–Trinajstić information content (AvgIpc) is 3.82. The van der Waals surface area contributed by atoms with E-state index in [1.807, 2.05) is 64.4 Å². The number of ether oxygens (including phenoxy) is 1. The zero-order valence-electron chi connectivity index (χ0n) is 29.0. The van der Waals surface area contributed by atoms with E-state index in [0.29, 0.717) is 13.0 Å². The van der Waals surface area contributed by atoms with Crippen LogP contribution in [0.25, 0.3) is 10.4 Å². The molecule has 3 aliphatic rings. The summed E-state index contributed by atoms with van der Waals surface area (Å²) in [6.07, 6.45) is 3.99. The molecule has 6 atom stereocenters. The van der Waals surface area contributed by atoms with Crippen LogP contribution in [0.1, 0.15) is 89.9 Å². The van der Waals surface area contributed by atoms with E-state index in [-0.39, 0.29) is 61.4 Å². The first-order valence-electron chi connectivity index (χ1n) is 17.4. The summed E-state index contributed by atoms with van der Waals surface area (Å²) in [6, 6.07) is 5.98. The summed E-state index contributed by atoms with van der Waals surface area (Å²) < 4.78 is 6.10. The van der Waals surface area contributed by atoms with Gasteiger partial charge in [0.15, 0.2) is 0 Å². The molecule has 0 radical (unpaired) electrons. The Hall–Kier alpha value is -2.90. The van der Waals surface area contributed by atoms with Crippen molar-refractivity contribution in [2.24, 2.45) is 5.41 Å². The lowest BCUT2D eigenvalue weighted by molar-refractivity contribution is -0.144. The van der Waals surface area contributed by atoms with E-state index in [9.17, 15) is 24.6 Å². The summed E-state index contributed by atoms with van der Waals surface area (Å²) >= 11 is 1.59. The number of fused-ring (bicyclic) bond motifs is 1. The smallest absolute Gasteiger partial charge is 0.246 e. The van der Waals surface area contributed by atoms with E-state index in [1.165, 1.54) is 4.90 Å². The number of carbonyl (C=O) groups is 3. The van der Waals surface area contributed by atoms with Crippen molar-refractivity contribution in [3.05, 3.63) is 41.0 Å². The van der Waals surface area contributed by atoms with E-state index >= 15 is 0 Å². The van der Waals surface area contributed by atoms with Gasteiger partial charge < -0.3 is 30.5 Å². The number of benzene rings is 1. The molecule has 3 fully saturated rings. The molecule has 0 spiro atoms. The van der Waals surface area contributed by atoms with Gasteiger partial charge in [0.25, 0.3) is 0 Å². The number of nitrogens with zero attached hydrogens (tertiary/aromatic N) is 3. The molecule has 4 N–H and O–H groups in total. The van der Waals surface area contributed by atoms with Gasteiger partial charge in [-0.25, -0.2) is 4.98 Å². The topological polar surface area (TPSA) is 144 Å². The van der Waals surface area contributed by atoms with Crippen LogP contribution in [0.4, 0.5) is 0 Å². The molecular formula is C36H53N5O6S. The van der Waals surface area contributed by atoms with Gasteiger partial charge in [-0.3, -0.25) is 19.3 Å². The van der Waals surface area contributed by atoms with E-state index in [4.69, 9.17) is 4.74 Å². The third kappa shape index (κ3) is 8.27. The van der Waals surface area contributed by atoms with Crippen LogP contribution >= 0.6 is 11.3 Å². The van der Waals surface area contributed by atoms with Gasteiger partial charge >= 0.3 is 0 Å². The third-order valence-corrected chi connectivity index (χ3v) is 11.3. The number of aliphatic hydroxyl groups is 2. The number of β-amino-alcohol motifs (C(OH)–C–C–N with tert-alkyl or cyclic N) is 1. The molecule has 48 heavy (non-hydrogen) atoms. The Morgan fingerprint density at radius 3 is 2.54 bits per heavy atom. The predicted molar refractivity (Wildman–Crippen MR) is 185 cm³/mol. The van der Waals surface area contributed by atoms with Gasteiger partial charge in [-0.1, -0.05) is 45.0 Å². The fraction of sp³-hybridized carbons (Fsp3) is 0.667. The normalized spacial score (nSPS) is 25.6. The zero-order chi connectivity index (χ0) is 34.6. The van der Waals surface area contributed by atoms with Crippen LogP contribution in [0.5, 0.6) is 0 Å². The van der Waals surface area contributed by atoms with Crippen molar-refractivity contribution in [1.82, 2.24) is 25.4 Å². The van der Waals surface area contributed by atoms with Crippen LogP contribution in [-0.4, -0.2) is 105 Å². The first-order valence-corrected chi connectivity index (χ1v) is 18.3. The lowest BCUT2D eigenvalue weighted by atomic mass is 9.85. The highest BCUT2D eigenvalue weighted by molar-refractivity contribution is 7.13. The molecule has 4 heterocycles. The Bertz CT molecular complexity index is 1430. The maximum Gasteiger partial charge on any atom is 0.246 e. The van der Waals surface area contributed by atoms with Crippen molar-refractivity contribution >= 4 is 29.1 Å². The molecule has 1 aromatic carbocycles. The second kappa shape index (κ2) is 15.3. The highest BCUT2D eigenvalue weighted by Gasteiger charge is 2.48. The van der Waals surface area contributed by atoms with E-state index in [1.54, 1.807) is 11.3 Å². The molecule has 2 aromatic rings. The molecule has 3 aliphatic heterocycles. The number of aliphatic hydroxyl groups excluding tert-OH is 2. The molecule has 0 bridgehead atoms. The number of thiazole rings is 1. The Kier molecular flexibility index (Phi) is 11.6. The maximum atomic E-state index is 14.0. The molecule has 0 aliphatic carbocycles. The van der Waals surface area contributed by atoms with Crippen LogP contribution in [0, 0.1) is 12.3 Å². The van der Waals surface area contributed by atoms with Crippen LogP contribution in [0.3, 0.4) is 0 Å². The van der Waals surface area contributed by atoms with Crippen LogP contribution in [0.2, 0.25) is 0 Å². The van der Waals surface area contributed by atoms with Gasteiger partial charge in [-0.15, -0.1) is 11.3 Å². The van der Waals surface area contributed by atoms with Crippen molar-refractivity contribution in [2.45, 2.75) is 115 Å². The summed E-state index contributed by atoms with van der Waals surface area (Å²) in [4.78, 5) is 49.8. The summed E-state index contributed by atoms with van der Waals surface area (Å²) in [6.45, 7) is 12.1. The Morgan fingerprint density at radius 2 is 1.90 bits per heavy atom. The quantitative estimate of drug-likeness (QED) is 0.235. The number of aromatic nitrogens is 1. The van der Waals surface area contributed by atoms with Gasteiger partial charge in [0.05, 0.1) is 40.9 Å². The molecule has 1 unspecified atom stereocenters. The molecule has 0 saturated carbocycles. The molecule has 1 aromatic heterocycles. The van der Waals surface area contributed by atoms with Gasteiger partial charge in [0.2, 0.25) is 17.7 Å². The highest BCUT2D eigenvalue weighted by atomic mass is 32.1. The minimum absolute atomic E-state index is 0.0319. The van der Waals surface area contributed by atoms with Crippen molar-refractivity contribution in [1.29, 1.82) is 0 Å². The molecule has 12 heteroatoms. The fourth-order valence-corrected chi connectivity index (χ4v) is 8.30. The molecule has 3 saturated heterocycles. The lowest BCUT2D eigenvalue weighted by Crippen LogP contribution is -2.57. The number of nitrogens with one attached hydrogen (secondary N) is 2. The van der Waals surface area contributed by atoms with Crippen LogP contribution in [0.15, 0.2) is 29.8 Å². The molecule has 264 valence electrons. The van der Waals surface area contributed by atoms with E-state index in [0.717, 1.165) is 60.5 Å². The van der Waals surface area contributed by atoms with E-state index in [2.05, 4.69) is 20.5 Å².